The monoisotopic (exact) mass is 191 g/mol. The van der Waals surface area contributed by atoms with E-state index in [-0.39, 0.29) is 12.1 Å². The van der Waals surface area contributed by atoms with Crippen LogP contribution in [0.25, 0.3) is 0 Å². The van der Waals surface area contributed by atoms with Crippen molar-refractivity contribution in [3.63, 3.8) is 0 Å². The second kappa shape index (κ2) is 4.01. The lowest BCUT2D eigenvalue weighted by molar-refractivity contribution is 0.172. The Kier molecular flexibility index (Phi) is 2.73. The number of hydrogen-bond donors (Lipinski definition) is 2. The Bertz CT molecular complexity index is 311. The van der Waals surface area contributed by atoms with E-state index >= 15 is 0 Å². The van der Waals surface area contributed by atoms with Crippen LogP contribution in [0.5, 0.6) is 0 Å². The summed E-state index contributed by atoms with van der Waals surface area (Å²) in [6.45, 7) is 2.08. The first-order chi connectivity index (χ1) is 6.75. The van der Waals surface area contributed by atoms with Gasteiger partial charge in [0, 0.05) is 5.69 Å². The molecule has 1 aliphatic carbocycles. The maximum atomic E-state index is 9.66. The third-order valence-corrected chi connectivity index (χ3v) is 2.85. The average molecular weight is 191 g/mol. The topological polar surface area (TPSA) is 32.3 Å². The summed E-state index contributed by atoms with van der Waals surface area (Å²) in [5, 5.41) is 13.0. The highest BCUT2D eigenvalue weighted by atomic mass is 16.3. The van der Waals surface area contributed by atoms with E-state index in [1.54, 1.807) is 0 Å². The molecule has 2 heteroatoms. The molecule has 76 valence electrons. The van der Waals surface area contributed by atoms with E-state index in [9.17, 15) is 5.11 Å². The van der Waals surface area contributed by atoms with Crippen molar-refractivity contribution in [3.05, 3.63) is 29.8 Å². The van der Waals surface area contributed by atoms with Crippen LogP contribution in [-0.2, 0) is 0 Å². The molecule has 0 amide bonds. The number of rotatable bonds is 2. The zero-order valence-electron chi connectivity index (χ0n) is 8.53. The molecule has 2 unspecified atom stereocenters. The molecule has 0 spiro atoms. The predicted octanol–water partition coefficient (Wildman–Crippen LogP) is 2.32. The zero-order valence-corrected chi connectivity index (χ0v) is 8.53. The molecule has 0 bridgehead atoms. The van der Waals surface area contributed by atoms with Crippen molar-refractivity contribution < 1.29 is 5.11 Å². The van der Waals surface area contributed by atoms with Gasteiger partial charge in [-0.1, -0.05) is 12.1 Å². The Labute approximate surface area is 85.0 Å². The smallest absolute Gasteiger partial charge is 0.0741 e. The number of aliphatic hydroxyl groups excluding tert-OH is 1. The van der Waals surface area contributed by atoms with Gasteiger partial charge in [0.25, 0.3) is 0 Å². The Morgan fingerprint density at radius 1 is 1.36 bits per heavy atom. The van der Waals surface area contributed by atoms with Gasteiger partial charge in [-0.3, -0.25) is 0 Å². The molecule has 0 heterocycles. The van der Waals surface area contributed by atoms with Gasteiger partial charge in [-0.2, -0.15) is 0 Å². The van der Waals surface area contributed by atoms with Crippen molar-refractivity contribution in [2.75, 3.05) is 5.32 Å². The molecule has 1 aromatic carbocycles. The van der Waals surface area contributed by atoms with Crippen molar-refractivity contribution >= 4 is 5.69 Å². The molecule has 1 aromatic rings. The summed E-state index contributed by atoms with van der Waals surface area (Å²) in [5.41, 5.74) is 2.37. The van der Waals surface area contributed by atoms with E-state index in [4.69, 9.17) is 0 Å². The number of anilines is 1. The Morgan fingerprint density at radius 2 is 2.21 bits per heavy atom. The third-order valence-electron chi connectivity index (χ3n) is 2.85. The Hall–Kier alpha value is -1.02. The lowest BCUT2D eigenvalue weighted by Crippen LogP contribution is -2.27. The summed E-state index contributed by atoms with van der Waals surface area (Å²) in [4.78, 5) is 0. The van der Waals surface area contributed by atoms with Gasteiger partial charge in [0.05, 0.1) is 12.1 Å². The van der Waals surface area contributed by atoms with E-state index < -0.39 is 0 Å². The highest BCUT2D eigenvalue weighted by Crippen LogP contribution is 2.23. The van der Waals surface area contributed by atoms with Crippen molar-refractivity contribution in [1.29, 1.82) is 0 Å². The van der Waals surface area contributed by atoms with E-state index in [1.165, 1.54) is 5.56 Å². The van der Waals surface area contributed by atoms with Crippen LogP contribution in [0.2, 0.25) is 0 Å². The van der Waals surface area contributed by atoms with Crippen molar-refractivity contribution in [2.45, 2.75) is 38.3 Å². The summed E-state index contributed by atoms with van der Waals surface area (Å²) >= 11 is 0. The first-order valence-electron chi connectivity index (χ1n) is 5.27. The molecular formula is C12H17NO. The average Bonchev–Trinajstić information content (AvgIpc) is 2.52. The lowest BCUT2D eigenvalue weighted by Gasteiger charge is -2.17. The molecule has 2 rings (SSSR count). The largest absolute Gasteiger partial charge is 0.391 e. The maximum Gasteiger partial charge on any atom is 0.0741 e. The molecule has 2 atom stereocenters. The quantitative estimate of drug-likeness (QED) is 0.752. The highest BCUT2D eigenvalue weighted by Gasteiger charge is 2.24. The molecule has 0 aromatic heterocycles. The highest BCUT2D eigenvalue weighted by molar-refractivity contribution is 5.46. The number of aliphatic hydroxyl groups is 1. The summed E-state index contributed by atoms with van der Waals surface area (Å²) in [6.07, 6.45) is 2.97. The van der Waals surface area contributed by atoms with Crippen LogP contribution in [0.4, 0.5) is 5.69 Å². The first kappa shape index (κ1) is 9.53. The van der Waals surface area contributed by atoms with Gasteiger partial charge in [-0.05, 0) is 43.9 Å². The van der Waals surface area contributed by atoms with Gasteiger partial charge in [-0.25, -0.2) is 0 Å². The molecule has 1 fully saturated rings. The summed E-state index contributed by atoms with van der Waals surface area (Å²) in [5.74, 6) is 0. The number of hydrogen-bond acceptors (Lipinski definition) is 2. The fourth-order valence-electron chi connectivity index (χ4n) is 2.06. The molecular weight excluding hydrogens is 174 g/mol. The van der Waals surface area contributed by atoms with E-state index in [0.29, 0.717) is 0 Å². The van der Waals surface area contributed by atoms with Crippen LogP contribution < -0.4 is 5.32 Å². The molecule has 2 N–H and O–H groups in total. The third kappa shape index (κ3) is 2.07. The number of benzene rings is 1. The van der Waals surface area contributed by atoms with Crippen LogP contribution >= 0.6 is 0 Å². The second-order valence-corrected chi connectivity index (χ2v) is 4.12. The van der Waals surface area contributed by atoms with Gasteiger partial charge in [0.15, 0.2) is 0 Å². The van der Waals surface area contributed by atoms with Crippen LogP contribution in [0.3, 0.4) is 0 Å². The number of aryl methyl sites for hydroxylation is 1. The molecule has 0 radical (unpaired) electrons. The van der Waals surface area contributed by atoms with Crippen LogP contribution in [0.15, 0.2) is 24.3 Å². The van der Waals surface area contributed by atoms with Crippen LogP contribution in [0.1, 0.15) is 24.8 Å². The summed E-state index contributed by atoms with van der Waals surface area (Å²) in [6, 6.07) is 8.54. The van der Waals surface area contributed by atoms with Gasteiger partial charge in [0.1, 0.15) is 0 Å². The predicted molar refractivity (Wildman–Crippen MR) is 58.4 cm³/mol. The minimum absolute atomic E-state index is 0.171. The second-order valence-electron chi connectivity index (χ2n) is 4.12. The Balaban J connectivity index is 2.03. The van der Waals surface area contributed by atoms with Crippen molar-refractivity contribution in [3.8, 4) is 0 Å². The van der Waals surface area contributed by atoms with Crippen LogP contribution in [0, 0.1) is 6.92 Å². The fourth-order valence-corrected chi connectivity index (χ4v) is 2.06. The molecule has 1 saturated carbocycles. The van der Waals surface area contributed by atoms with E-state index in [1.807, 2.05) is 6.07 Å². The van der Waals surface area contributed by atoms with E-state index in [2.05, 4.69) is 30.4 Å². The van der Waals surface area contributed by atoms with Crippen molar-refractivity contribution in [1.82, 2.24) is 0 Å². The van der Waals surface area contributed by atoms with Gasteiger partial charge < -0.3 is 10.4 Å². The normalized spacial score (nSPS) is 26.4. The Morgan fingerprint density at radius 3 is 2.86 bits per heavy atom. The van der Waals surface area contributed by atoms with Gasteiger partial charge >= 0.3 is 0 Å². The molecule has 14 heavy (non-hydrogen) atoms. The summed E-state index contributed by atoms with van der Waals surface area (Å²) < 4.78 is 0. The SMILES string of the molecule is Cc1cccc(NC2CCCC2O)c1. The minimum atomic E-state index is -0.171. The standard InChI is InChI=1S/C12H17NO/c1-9-4-2-5-10(8-9)13-11-6-3-7-12(11)14/h2,4-5,8,11-14H,3,6-7H2,1H3. The van der Waals surface area contributed by atoms with Crippen LogP contribution in [-0.4, -0.2) is 17.3 Å². The van der Waals surface area contributed by atoms with Gasteiger partial charge in [-0.15, -0.1) is 0 Å². The molecule has 2 nitrogen and oxygen atoms in total. The van der Waals surface area contributed by atoms with Gasteiger partial charge in [0.2, 0.25) is 0 Å². The maximum absolute atomic E-state index is 9.66. The zero-order chi connectivity index (χ0) is 9.97. The fraction of sp³-hybridized carbons (Fsp3) is 0.500. The number of nitrogens with one attached hydrogen (secondary N) is 1. The lowest BCUT2D eigenvalue weighted by atomic mass is 10.1. The molecule has 0 aliphatic heterocycles. The molecule has 1 aliphatic rings. The van der Waals surface area contributed by atoms with E-state index in [0.717, 1.165) is 24.9 Å². The molecule has 0 saturated heterocycles. The minimum Gasteiger partial charge on any atom is -0.391 e. The van der Waals surface area contributed by atoms with Crippen molar-refractivity contribution in [2.24, 2.45) is 0 Å². The first-order valence-corrected chi connectivity index (χ1v) is 5.27. The summed E-state index contributed by atoms with van der Waals surface area (Å²) in [7, 11) is 0.